The second-order valence-electron chi connectivity index (χ2n) is 3.71. The lowest BCUT2D eigenvalue weighted by atomic mass is 10.1. The molecule has 3 aromatic rings. The monoisotopic (exact) mass is 341 g/mol. The maximum atomic E-state index is 11.7. The van der Waals surface area contributed by atoms with Crippen molar-refractivity contribution in [2.45, 2.75) is 6.61 Å². The van der Waals surface area contributed by atoms with Crippen molar-refractivity contribution in [1.82, 2.24) is 14.6 Å². The highest BCUT2D eigenvalue weighted by atomic mass is 127. The fourth-order valence-corrected chi connectivity index (χ4v) is 2.44. The van der Waals surface area contributed by atoms with E-state index in [4.69, 9.17) is 0 Å². The van der Waals surface area contributed by atoms with E-state index in [1.165, 1.54) is 4.40 Å². The Morgan fingerprint density at radius 1 is 1.41 bits per heavy atom. The third-order valence-corrected chi connectivity index (χ3v) is 3.39. The molecule has 0 fully saturated rings. The molecule has 2 N–H and O–H groups in total. The van der Waals surface area contributed by atoms with E-state index >= 15 is 0 Å². The Hall–Kier alpha value is -1.41. The number of pyridine rings is 1. The molecule has 0 amide bonds. The molecule has 5 nitrogen and oxygen atoms in total. The van der Waals surface area contributed by atoms with Gasteiger partial charge in [0.1, 0.15) is 0 Å². The summed E-state index contributed by atoms with van der Waals surface area (Å²) in [5, 5.41) is 16.5. The van der Waals surface area contributed by atoms with Crippen molar-refractivity contribution in [2.75, 3.05) is 0 Å². The zero-order valence-electron chi connectivity index (χ0n) is 8.64. The van der Waals surface area contributed by atoms with Crippen LogP contribution in [0.3, 0.4) is 0 Å². The first kappa shape index (κ1) is 10.7. The average molecular weight is 341 g/mol. The van der Waals surface area contributed by atoms with Crippen molar-refractivity contribution in [3.8, 4) is 0 Å². The van der Waals surface area contributed by atoms with Crippen LogP contribution in [0.4, 0.5) is 0 Å². The molecule has 0 aliphatic heterocycles. The van der Waals surface area contributed by atoms with Crippen LogP contribution < -0.4 is 5.69 Å². The number of hydrogen-bond donors (Lipinski definition) is 2. The zero-order valence-corrected chi connectivity index (χ0v) is 10.8. The number of nitrogens with one attached hydrogen (secondary N) is 1. The van der Waals surface area contributed by atoms with E-state index in [0.717, 1.165) is 20.0 Å². The lowest BCUT2D eigenvalue weighted by molar-refractivity contribution is 0.283. The highest BCUT2D eigenvalue weighted by molar-refractivity contribution is 14.1. The molecule has 6 heteroatoms. The standard InChI is InChI=1S/C11H8IN3O2/c12-7-1-2-8-6(5-16)3-10-13-14-11(17)15(10)9(8)4-7/h1-4,16H,5H2,(H,14,17). The largest absolute Gasteiger partial charge is 0.392 e. The fraction of sp³-hybridized carbons (Fsp3) is 0.0909. The molecule has 0 aliphatic carbocycles. The Bertz CT molecular complexity index is 775. The van der Waals surface area contributed by atoms with Gasteiger partial charge in [0, 0.05) is 8.96 Å². The van der Waals surface area contributed by atoms with E-state index in [9.17, 15) is 9.90 Å². The molecule has 0 aliphatic rings. The van der Waals surface area contributed by atoms with E-state index < -0.39 is 0 Å². The van der Waals surface area contributed by atoms with Gasteiger partial charge < -0.3 is 5.11 Å². The number of aromatic nitrogens is 3. The summed E-state index contributed by atoms with van der Waals surface area (Å²) < 4.78 is 2.54. The number of nitrogens with zero attached hydrogens (tertiary/aromatic N) is 2. The van der Waals surface area contributed by atoms with Crippen LogP contribution in [0.2, 0.25) is 0 Å². The first-order valence-corrected chi connectivity index (χ1v) is 6.08. The van der Waals surface area contributed by atoms with Crippen LogP contribution in [0.25, 0.3) is 16.6 Å². The molecule has 0 saturated carbocycles. The molecular formula is C11H8IN3O2. The molecule has 0 unspecified atom stereocenters. The second kappa shape index (κ2) is 3.81. The van der Waals surface area contributed by atoms with Crippen LogP contribution in [0.15, 0.2) is 29.1 Å². The number of halogens is 1. The number of rotatable bonds is 1. The molecular weight excluding hydrogens is 333 g/mol. The minimum atomic E-state index is -0.267. The van der Waals surface area contributed by atoms with Crippen molar-refractivity contribution in [3.05, 3.63) is 43.9 Å². The average Bonchev–Trinajstić information content (AvgIpc) is 2.70. The lowest BCUT2D eigenvalue weighted by Gasteiger charge is -2.06. The van der Waals surface area contributed by atoms with Crippen molar-refractivity contribution < 1.29 is 5.11 Å². The molecule has 2 heterocycles. The van der Waals surface area contributed by atoms with Gasteiger partial charge in [0.05, 0.1) is 12.1 Å². The third kappa shape index (κ3) is 1.55. The van der Waals surface area contributed by atoms with Crippen LogP contribution in [0.5, 0.6) is 0 Å². The molecule has 2 aromatic heterocycles. The molecule has 86 valence electrons. The van der Waals surface area contributed by atoms with Crippen LogP contribution in [-0.2, 0) is 6.61 Å². The van der Waals surface area contributed by atoms with Gasteiger partial charge in [-0.05, 0) is 46.4 Å². The SMILES string of the molecule is O=c1[nH]nc2cc(CO)c3ccc(I)cc3n12. The number of hydrogen-bond acceptors (Lipinski definition) is 3. The highest BCUT2D eigenvalue weighted by Crippen LogP contribution is 2.22. The predicted molar refractivity (Wildman–Crippen MR) is 72.0 cm³/mol. The number of aliphatic hydroxyl groups excluding tert-OH is 1. The number of benzene rings is 1. The van der Waals surface area contributed by atoms with E-state index in [1.807, 2.05) is 18.2 Å². The molecule has 1 aromatic carbocycles. The van der Waals surface area contributed by atoms with Crippen LogP contribution in [0, 0.1) is 3.57 Å². The zero-order chi connectivity index (χ0) is 12.0. The number of aromatic amines is 1. The topological polar surface area (TPSA) is 70.4 Å². The van der Waals surface area contributed by atoms with E-state index in [-0.39, 0.29) is 12.3 Å². The van der Waals surface area contributed by atoms with Gasteiger partial charge in [-0.15, -0.1) is 0 Å². The maximum Gasteiger partial charge on any atom is 0.348 e. The normalized spacial score (nSPS) is 11.4. The molecule has 0 atom stereocenters. The maximum absolute atomic E-state index is 11.7. The molecule has 0 saturated heterocycles. The first-order valence-electron chi connectivity index (χ1n) is 5.00. The summed E-state index contributed by atoms with van der Waals surface area (Å²) in [7, 11) is 0. The van der Waals surface area contributed by atoms with Crippen molar-refractivity contribution in [1.29, 1.82) is 0 Å². The summed E-state index contributed by atoms with van der Waals surface area (Å²) >= 11 is 2.19. The fourth-order valence-electron chi connectivity index (χ4n) is 1.96. The van der Waals surface area contributed by atoms with Crippen molar-refractivity contribution >= 4 is 39.1 Å². The minimum Gasteiger partial charge on any atom is -0.392 e. The quantitative estimate of drug-likeness (QED) is 0.655. The molecule has 0 radical (unpaired) electrons. The Morgan fingerprint density at radius 3 is 3.00 bits per heavy atom. The van der Waals surface area contributed by atoms with Crippen LogP contribution in [0.1, 0.15) is 5.56 Å². The van der Waals surface area contributed by atoms with E-state index in [1.54, 1.807) is 6.07 Å². The van der Waals surface area contributed by atoms with Gasteiger partial charge in [-0.2, -0.15) is 5.10 Å². The Balaban J connectivity index is 2.64. The minimum absolute atomic E-state index is 0.0748. The van der Waals surface area contributed by atoms with Gasteiger partial charge in [0.2, 0.25) is 0 Å². The molecule has 3 rings (SSSR count). The van der Waals surface area contributed by atoms with Gasteiger partial charge >= 0.3 is 5.69 Å². The van der Waals surface area contributed by atoms with Gasteiger partial charge in [0.25, 0.3) is 0 Å². The lowest BCUT2D eigenvalue weighted by Crippen LogP contribution is -2.10. The Kier molecular flexibility index (Phi) is 2.40. The van der Waals surface area contributed by atoms with E-state index in [0.29, 0.717) is 5.65 Å². The third-order valence-electron chi connectivity index (χ3n) is 2.72. The highest BCUT2D eigenvalue weighted by Gasteiger charge is 2.09. The van der Waals surface area contributed by atoms with Gasteiger partial charge in [0.15, 0.2) is 5.65 Å². The van der Waals surface area contributed by atoms with E-state index in [2.05, 4.69) is 32.8 Å². The number of fused-ring (bicyclic) bond motifs is 3. The molecule has 0 bridgehead atoms. The van der Waals surface area contributed by atoms with Gasteiger partial charge in [-0.1, -0.05) is 6.07 Å². The van der Waals surface area contributed by atoms with Crippen molar-refractivity contribution in [2.24, 2.45) is 0 Å². The predicted octanol–water partition coefficient (Wildman–Crippen LogP) is 1.27. The number of H-pyrrole nitrogens is 1. The van der Waals surface area contributed by atoms with Crippen LogP contribution in [-0.4, -0.2) is 19.7 Å². The first-order chi connectivity index (χ1) is 8.20. The summed E-state index contributed by atoms with van der Waals surface area (Å²) in [4.78, 5) is 11.7. The summed E-state index contributed by atoms with van der Waals surface area (Å²) in [6, 6.07) is 7.46. The molecule has 0 spiro atoms. The van der Waals surface area contributed by atoms with Crippen LogP contribution >= 0.6 is 22.6 Å². The summed E-state index contributed by atoms with van der Waals surface area (Å²) in [5.41, 5.74) is 1.78. The second-order valence-corrected chi connectivity index (χ2v) is 4.96. The molecule has 17 heavy (non-hydrogen) atoms. The Labute approximate surface area is 109 Å². The smallest absolute Gasteiger partial charge is 0.348 e. The summed E-state index contributed by atoms with van der Waals surface area (Å²) in [6.07, 6.45) is 0. The summed E-state index contributed by atoms with van der Waals surface area (Å²) in [6.45, 7) is -0.0748. The van der Waals surface area contributed by atoms with Crippen molar-refractivity contribution in [3.63, 3.8) is 0 Å². The summed E-state index contributed by atoms with van der Waals surface area (Å²) in [5.74, 6) is 0. The number of aliphatic hydroxyl groups is 1. The van der Waals surface area contributed by atoms with Gasteiger partial charge in [-0.3, -0.25) is 0 Å². The Morgan fingerprint density at radius 2 is 2.24 bits per heavy atom. The van der Waals surface area contributed by atoms with Gasteiger partial charge in [-0.25, -0.2) is 14.3 Å².